The van der Waals surface area contributed by atoms with Crippen LogP contribution in [0.1, 0.15) is 12.5 Å². The molecule has 2 aromatic carbocycles. The first kappa shape index (κ1) is 25.0. The standard InChI is InChI=1S/C22H29N3O6S2/c1-4-31-20-7-5-6-19(16-20)25(32(3,27)28)17-22(26)23-12-14-24(15-13-23)33(29,30)21-10-8-18(2)9-11-21/h5-11,16H,4,12-15,17H2,1-3H3. The van der Waals surface area contributed by atoms with Crippen LogP contribution < -0.4 is 9.04 Å². The maximum atomic E-state index is 12.9. The van der Waals surface area contributed by atoms with Crippen LogP contribution in [0.3, 0.4) is 0 Å². The highest BCUT2D eigenvalue weighted by atomic mass is 32.2. The average Bonchev–Trinajstić information content (AvgIpc) is 2.77. The van der Waals surface area contributed by atoms with Crippen LogP contribution in [0.5, 0.6) is 5.75 Å². The van der Waals surface area contributed by atoms with Gasteiger partial charge in [0.25, 0.3) is 0 Å². The molecule has 9 nitrogen and oxygen atoms in total. The lowest BCUT2D eigenvalue weighted by molar-refractivity contribution is -0.130. The lowest BCUT2D eigenvalue weighted by atomic mass is 10.2. The largest absolute Gasteiger partial charge is 0.494 e. The highest BCUT2D eigenvalue weighted by Crippen LogP contribution is 2.24. The van der Waals surface area contributed by atoms with Crippen LogP contribution >= 0.6 is 0 Å². The number of rotatable bonds is 8. The maximum Gasteiger partial charge on any atom is 0.243 e. The van der Waals surface area contributed by atoms with Crippen LogP contribution in [-0.2, 0) is 24.8 Å². The summed E-state index contributed by atoms with van der Waals surface area (Å²) in [5.41, 5.74) is 1.30. The van der Waals surface area contributed by atoms with E-state index in [1.54, 1.807) is 48.5 Å². The molecular formula is C22H29N3O6S2. The van der Waals surface area contributed by atoms with Crippen LogP contribution in [0.25, 0.3) is 0 Å². The topological polar surface area (TPSA) is 104 Å². The number of benzene rings is 2. The van der Waals surface area contributed by atoms with Gasteiger partial charge in [0.05, 0.1) is 23.4 Å². The number of carbonyl (C=O) groups is 1. The SMILES string of the molecule is CCOc1cccc(N(CC(=O)N2CCN(S(=O)(=O)c3ccc(C)cc3)CC2)S(C)(=O)=O)c1. The van der Waals surface area contributed by atoms with Crippen LogP contribution in [0.15, 0.2) is 53.4 Å². The van der Waals surface area contributed by atoms with Crippen molar-refractivity contribution < 1.29 is 26.4 Å². The van der Waals surface area contributed by atoms with Gasteiger partial charge in [-0.1, -0.05) is 23.8 Å². The van der Waals surface area contributed by atoms with Crippen molar-refractivity contribution in [2.24, 2.45) is 0 Å². The van der Waals surface area contributed by atoms with Crippen molar-refractivity contribution in [2.75, 3.05) is 49.9 Å². The van der Waals surface area contributed by atoms with Gasteiger partial charge in [-0.2, -0.15) is 4.31 Å². The predicted molar refractivity (Wildman–Crippen MR) is 126 cm³/mol. The molecule has 0 N–H and O–H groups in total. The molecule has 1 heterocycles. The molecule has 1 saturated heterocycles. The summed E-state index contributed by atoms with van der Waals surface area (Å²) in [5, 5.41) is 0. The normalized spacial score (nSPS) is 15.3. The molecule has 1 amide bonds. The average molecular weight is 496 g/mol. The lowest BCUT2D eigenvalue weighted by Gasteiger charge is -2.35. The highest BCUT2D eigenvalue weighted by Gasteiger charge is 2.31. The van der Waals surface area contributed by atoms with Gasteiger partial charge in [0.2, 0.25) is 26.0 Å². The second-order valence-electron chi connectivity index (χ2n) is 7.80. The Morgan fingerprint density at radius 2 is 1.64 bits per heavy atom. The third kappa shape index (κ3) is 6.04. The number of amides is 1. The fraction of sp³-hybridized carbons (Fsp3) is 0.409. The summed E-state index contributed by atoms with van der Waals surface area (Å²) in [6, 6.07) is 13.2. The molecule has 0 aromatic heterocycles. The summed E-state index contributed by atoms with van der Waals surface area (Å²) in [6.07, 6.45) is 1.04. The number of carbonyl (C=O) groups excluding carboxylic acids is 1. The van der Waals surface area contributed by atoms with Crippen LogP contribution in [0.2, 0.25) is 0 Å². The number of sulfonamides is 2. The number of ether oxygens (including phenoxy) is 1. The minimum Gasteiger partial charge on any atom is -0.494 e. The van der Waals surface area contributed by atoms with E-state index < -0.39 is 26.0 Å². The van der Waals surface area contributed by atoms with E-state index in [-0.39, 0.29) is 37.6 Å². The number of hydrogen-bond acceptors (Lipinski definition) is 6. The Morgan fingerprint density at radius 1 is 1.00 bits per heavy atom. The zero-order valence-electron chi connectivity index (χ0n) is 19.0. The van der Waals surface area contributed by atoms with E-state index in [0.29, 0.717) is 18.0 Å². The molecule has 0 atom stereocenters. The van der Waals surface area contributed by atoms with E-state index in [4.69, 9.17) is 4.74 Å². The monoisotopic (exact) mass is 495 g/mol. The molecule has 1 aliphatic rings. The van der Waals surface area contributed by atoms with Gasteiger partial charge in [0.15, 0.2) is 0 Å². The summed E-state index contributed by atoms with van der Waals surface area (Å²) < 4.78 is 58.4. The summed E-state index contributed by atoms with van der Waals surface area (Å²) >= 11 is 0. The van der Waals surface area contributed by atoms with E-state index in [0.717, 1.165) is 16.1 Å². The molecule has 1 fully saturated rings. The van der Waals surface area contributed by atoms with Gasteiger partial charge < -0.3 is 9.64 Å². The number of anilines is 1. The number of nitrogens with zero attached hydrogens (tertiary/aromatic N) is 3. The van der Waals surface area contributed by atoms with Gasteiger partial charge in [0.1, 0.15) is 12.3 Å². The number of hydrogen-bond donors (Lipinski definition) is 0. The second-order valence-corrected chi connectivity index (χ2v) is 11.6. The molecule has 1 aliphatic heterocycles. The minimum absolute atomic E-state index is 0.140. The van der Waals surface area contributed by atoms with Crippen molar-refractivity contribution >= 4 is 31.6 Å². The van der Waals surface area contributed by atoms with Gasteiger partial charge in [-0.15, -0.1) is 0 Å². The van der Waals surface area contributed by atoms with Gasteiger partial charge in [0, 0.05) is 32.2 Å². The van der Waals surface area contributed by atoms with E-state index in [1.165, 1.54) is 9.21 Å². The molecule has 0 aliphatic carbocycles. The smallest absolute Gasteiger partial charge is 0.243 e. The number of aryl methyl sites for hydroxylation is 1. The van der Waals surface area contributed by atoms with E-state index in [9.17, 15) is 21.6 Å². The second kappa shape index (κ2) is 10.1. The Hall–Kier alpha value is -2.63. The quantitative estimate of drug-likeness (QED) is 0.552. The summed E-state index contributed by atoms with van der Waals surface area (Å²) in [6.45, 7) is 4.40. The summed E-state index contributed by atoms with van der Waals surface area (Å²) in [4.78, 5) is 14.6. The first-order valence-electron chi connectivity index (χ1n) is 10.6. The fourth-order valence-corrected chi connectivity index (χ4v) is 5.82. The van der Waals surface area contributed by atoms with Crippen LogP contribution in [0.4, 0.5) is 5.69 Å². The summed E-state index contributed by atoms with van der Waals surface area (Å²) in [5.74, 6) is 0.112. The molecule has 3 rings (SSSR count). The van der Waals surface area contributed by atoms with Gasteiger partial charge in [-0.05, 0) is 38.1 Å². The molecular weight excluding hydrogens is 466 g/mol. The third-order valence-corrected chi connectivity index (χ3v) is 8.40. The van der Waals surface area contributed by atoms with Crippen LogP contribution in [0, 0.1) is 6.92 Å². The zero-order valence-corrected chi connectivity index (χ0v) is 20.6. The van der Waals surface area contributed by atoms with E-state index in [2.05, 4.69) is 0 Å². The summed E-state index contributed by atoms with van der Waals surface area (Å²) in [7, 11) is -7.39. The Bertz CT molecular complexity index is 1190. The zero-order chi connectivity index (χ0) is 24.2. The van der Waals surface area contributed by atoms with Crippen molar-refractivity contribution in [2.45, 2.75) is 18.7 Å². The van der Waals surface area contributed by atoms with Crippen molar-refractivity contribution in [3.8, 4) is 5.75 Å². The van der Waals surface area contributed by atoms with Crippen LogP contribution in [-0.4, -0.2) is 77.5 Å². The molecule has 0 spiro atoms. The van der Waals surface area contributed by atoms with Gasteiger partial charge in [-0.25, -0.2) is 16.8 Å². The van der Waals surface area contributed by atoms with Gasteiger partial charge >= 0.3 is 0 Å². The Balaban J connectivity index is 1.69. The molecule has 180 valence electrons. The number of piperazine rings is 1. The molecule has 33 heavy (non-hydrogen) atoms. The Labute approximate surface area is 195 Å². The van der Waals surface area contributed by atoms with Gasteiger partial charge in [-0.3, -0.25) is 9.10 Å². The minimum atomic E-state index is -3.73. The lowest BCUT2D eigenvalue weighted by Crippen LogP contribution is -2.53. The molecule has 0 unspecified atom stereocenters. The Morgan fingerprint density at radius 3 is 2.21 bits per heavy atom. The molecule has 0 radical (unpaired) electrons. The molecule has 2 aromatic rings. The molecule has 0 bridgehead atoms. The highest BCUT2D eigenvalue weighted by molar-refractivity contribution is 7.92. The first-order chi connectivity index (χ1) is 15.5. The van der Waals surface area contributed by atoms with Crippen molar-refractivity contribution in [3.63, 3.8) is 0 Å². The predicted octanol–water partition coefficient (Wildman–Crippen LogP) is 1.69. The first-order valence-corrected chi connectivity index (χ1v) is 13.9. The maximum absolute atomic E-state index is 12.9. The van der Waals surface area contributed by atoms with E-state index in [1.807, 2.05) is 13.8 Å². The Kier molecular flexibility index (Phi) is 7.65. The molecule has 11 heteroatoms. The van der Waals surface area contributed by atoms with Crippen molar-refractivity contribution in [3.05, 3.63) is 54.1 Å². The van der Waals surface area contributed by atoms with E-state index >= 15 is 0 Å². The fourth-order valence-electron chi connectivity index (χ4n) is 3.56. The molecule has 0 saturated carbocycles. The van der Waals surface area contributed by atoms with Crippen molar-refractivity contribution in [1.29, 1.82) is 0 Å². The van der Waals surface area contributed by atoms with Crippen molar-refractivity contribution in [1.82, 2.24) is 9.21 Å². The third-order valence-electron chi connectivity index (χ3n) is 5.35.